The number of rotatable bonds is 8. The summed E-state index contributed by atoms with van der Waals surface area (Å²) < 4.78 is 27.9. The van der Waals surface area contributed by atoms with Gasteiger partial charge < -0.3 is 10.2 Å². The monoisotopic (exact) mass is 426 g/mol. The summed E-state index contributed by atoms with van der Waals surface area (Å²) in [4.78, 5) is 26.1. The van der Waals surface area contributed by atoms with E-state index in [2.05, 4.69) is 5.32 Å². The molecule has 2 rings (SSSR count). The van der Waals surface area contributed by atoms with Crippen LogP contribution in [0.2, 0.25) is 5.02 Å². The molecule has 150 valence electrons. The van der Waals surface area contributed by atoms with E-state index in [9.17, 15) is 18.4 Å². The number of nitrogens with zero attached hydrogens (tertiary/aromatic N) is 1. The van der Waals surface area contributed by atoms with Crippen molar-refractivity contribution in [3.8, 4) is 0 Å². The van der Waals surface area contributed by atoms with Crippen molar-refractivity contribution in [1.29, 1.82) is 0 Å². The van der Waals surface area contributed by atoms with Crippen molar-refractivity contribution >= 4 is 35.2 Å². The Bertz CT molecular complexity index is 830. The standard InChI is InChI=1S/C20H21ClF2N2O2S/c1-13(20(27)24-2)25(10-14-6-3-4-8-17(14)22)19(26)12-28-11-15-16(21)7-5-9-18(15)23/h3-9,13H,10-12H2,1-2H3,(H,24,27). The van der Waals surface area contributed by atoms with E-state index in [1.54, 1.807) is 31.2 Å². The summed E-state index contributed by atoms with van der Waals surface area (Å²) in [5, 5.41) is 2.79. The van der Waals surface area contributed by atoms with Gasteiger partial charge in [0.05, 0.1) is 5.75 Å². The highest BCUT2D eigenvalue weighted by molar-refractivity contribution is 7.99. The molecule has 8 heteroatoms. The maximum absolute atomic E-state index is 14.0. The van der Waals surface area contributed by atoms with Crippen LogP contribution in [-0.4, -0.2) is 35.6 Å². The minimum Gasteiger partial charge on any atom is -0.357 e. The first-order valence-electron chi connectivity index (χ1n) is 8.60. The molecule has 2 aromatic carbocycles. The van der Waals surface area contributed by atoms with Crippen molar-refractivity contribution in [2.45, 2.75) is 25.3 Å². The second-order valence-electron chi connectivity index (χ2n) is 6.10. The fraction of sp³-hybridized carbons (Fsp3) is 0.300. The molecule has 0 aliphatic heterocycles. The number of hydrogen-bond acceptors (Lipinski definition) is 3. The molecule has 28 heavy (non-hydrogen) atoms. The topological polar surface area (TPSA) is 49.4 Å². The summed E-state index contributed by atoms with van der Waals surface area (Å²) in [6.07, 6.45) is 0. The predicted octanol–water partition coefficient (Wildman–Crippen LogP) is 4.01. The van der Waals surface area contributed by atoms with Gasteiger partial charge in [0.2, 0.25) is 11.8 Å². The summed E-state index contributed by atoms with van der Waals surface area (Å²) in [6, 6.07) is 9.72. The van der Waals surface area contributed by atoms with Gasteiger partial charge in [-0.05, 0) is 25.1 Å². The van der Waals surface area contributed by atoms with Gasteiger partial charge in [-0.1, -0.05) is 35.9 Å². The van der Waals surface area contributed by atoms with Crippen LogP contribution in [0.4, 0.5) is 8.78 Å². The normalized spacial score (nSPS) is 11.8. The number of likely N-dealkylation sites (N-methyl/N-ethyl adjacent to an activating group) is 1. The number of carbonyl (C=O) groups is 2. The van der Waals surface area contributed by atoms with E-state index >= 15 is 0 Å². The molecule has 0 saturated carbocycles. The summed E-state index contributed by atoms with van der Waals surface area (Å²) in [5.41, 5.74) is 0.635. The number of amides is 2. The van der Waals surface area contributed by atoms with Gasteiger partial charge in [0.15, 0.2) is 0 Å². The Labute approximate surface area is 172 Å². The van der Waals surface area contributed by atoms with E-state index in [1.807, 2.05) is 0 Å². The van der Waals surface area contributed by atoms with E-state index in [0.29, 0.717) is 16.1 Å². The molecule has 2 aromatic rings. The molecule has 4 nitrogen and oxygen atoms in total. The quantitative estimate of drug-likeness (QED) is 0.693. The second-order valence-corrected chi connectivity index (χ2v) is 7.49. The molecule has 1 atom stereocenters. The molecule has 1 unspecified atom stereocenters. The molecule has 0 heterocycles. The molecule has 0 aliphatic carbocycles. The van der Waals surface area contributed by atoms with Crippen LogP contribution in [0.5, 0.6) is 0 Å². The number of nitrogens with one attached hydrogen (secondary N) is 1. The van der Waals surface area contributed by atoms with Crippen molar-refractivity contribution in [1.82, 2.24) is 10.2 Å². The van der Waals surface area contributed by atoms with E-state index in [1.165, 1.54) is 41.9 Å². The van der Waals surface area contributed by atoms with Crippen LogP contribution in [0.3, 0.4) is 0 Å². The van der Waals surface area contributed by atoms with Crippen LogP contribution >= 0.6 is 23.4 Å². The lowest BCUT2D eigenvalue weighted by Gasteiger charge is -2.28. The zero-order valence-corrected chi connectivity index (χ0v) is 17.1. The number of thioether (sulfide) groups is 1. The van der Waals surface area contributed by atoms with E-state index in [-0.39, 0.29) is 29.9 Å². The highest BCUT2D eigenvalue weighted by Gasteiger charge is 2.26. The molecule has 0 spiro atoms. The predicted molar refractivity (Wildman–Crippen MR) is 108 cm³/mol. The van der Waals surface area contributed by atoms with Gasteiger partial charge in [0.1, 0.15) is 17.7 Å². The second kappa shape index (κ2) is 10.4. The van der Waals surface area contributed by atoms with E-state index < -0.39 is 17.7 Å². The van der Waals surface area contributed by atoms with Crippen molar-refractivity contribution in [3.63, 3.8) is 0 Å². The van der Waals surface area contributed by atoms with Gasteiger partial charge >= 0.3 is 0 Å². The number of benzene rings is 2. The number of carbonyl (C=O) groups excluding carboxylic acids is 2. The molecule has 0 radical (unpaired) electrons. The largest absolute Gasteiger partial charge is 0.357 e. The maximum Gasteiger partial charge on any atom is 0.242 e. The Morgan fingerprint density at radius 1 is 1.14 bits per heavy atom. The minimum absolute atomic E-state index is 0.000447. The highest BCUT2D eigenvalue weighted by atomic mass is 35.5. The van der Waals surface area contributed by atoms with E-state index in [4.69, 9.17) is 11.6 Å². The molecule has 2 amide bonds. The number of halogens is 3. The molecule has 0 aromatic heterocycles. The van der Waals surface area contributed by atoms with Crippen molar-refractivity contribution in [2.75, 3.05) is 12.8 Å². The van der Waals surface area contributed by atoms with Crippen LogP contribution in [0, 0.1) is 11.6 Å². The molecule has 0 bridgehead atoms. The van der Waals surface area contributed by atoms with Gasteiger partial charge in [0.25, 0.3) is 0 Å². The maximum atomic E-state index is 14.0. The third kappa shape index (κ3) is 5.69. The van der Waals surface area contributed by atoms with Crippen LogP contribution in [0.1, 0.15) is 18.1 Å². The summed E-state index contributed by atoms with van der Waals surface area (Å²) >= 11 is 7.18. The Hall–Kier alpha value is -2.12. The lowest BCUT2D eigenvalue weighted by Crippen LogP contribution is -2.47. The van der Waals surface area contributed by atoms with Crippen LogP contribution in [0.25, 0.3) is 0 Å². The zero-order chi connectivity index (χ0) is 20.7. The molecule has 0 fully saturated rings. The lowest BCUT2D eigenvalue weighted by atomic mass is 10.1. The Morgan fingerprint density at radius 3 is 2.46 bits per heavy atom. The fourth-order valence-corrected chi connectivity index (χ4v) is 3.84. The first-order chi connectivity index (χ1) is 13.3. The van der Waals surface area contributed by atoms with Gasteiger partial charge in [-0.25, -0.2) is 8.78 Å². The van der Waals surface area contributed by atoms with Crippen LogP contribution in [0.15, 0.2) is 42.5 Å². The minimum atomic E-state index is -0.783. The Kier molecular flexibility index (Phi) is 8.26. The Balaban J connectivity index is 2.10. The summed E-state index contributed by atoms with van der Waals surface area (Å²) in [7, 11) is 1.47. The Morgan fingerprint density at radius 2 is 1.82 bits per heavy atom. The highest BCUT2D eigenvalue weighted by Crippen LogP contribution is 2.24. The van der Waals surface area contributed by atoms with Crippen molar-refractivity contribution < 1.29 is 18.4 Å². The first kappa shape index (κ1) is 22.2. The van der Waals surface area contributed by atoms with Crippen molar-refractivity contribution in [3.05, 3.63) is 70.2 Å². The molecular formula is C20H21ClF2N2O2S. The average Bonchev–Trinajstić information content (AvgIpc) is 2.68. The average molecular weight is 427 g/mol. The first-order valence-corrected chi connectivity index (χ1v) is 10.1. The van der Waals surface area contributed by atoms with Gasteiger partial charge in [-0.3, -0.25) is 9.59 Å². The molecule has 1 N–H and O–H groups in total. The van der Waals surface area contributed by atoms with Crippen LogP contribution < -0.4 is 5.32 Å². The third-order valence-corrected chi connectivity index (χ3v) is 5.54. The fourth-order valence-electron chi connectivity index (χ4n) is 2.60. The molecular weight excluding hydrogens is 406 g/mol. The SMILES string of the molecule is CNC(=O)C(C)N(Cc1ccccc1F)C(=O)CSCc1c(F)cccc1Cl. The van der Waals surface area contributed by atoms with Gasteiger partial charge in [-0.2, -0.15) is 0 Å². The summed E-state index contributed by atoms with van der Waals surface area (Å²) in [6.45, 7) is 1.54. The van der Waals surface area contributed by atoms with Gasteiger partial charge in [-0.15, -0.1) is 11.8 Å². The lowest BCUT2D eigenvalue weighted by molar-refractivity contribution is -0.138. The smallest absolute Gasteiger partial charge is 0.242 e. The molecule has 0 saturated heterocycles. The number of hydrogen-bond donors (Lipinski definition) is 1. The third-order valence-electron chi connectivity index (χ3n) is 4.25. The van der Waals surface area contributed by atoms with Gasteiger partial charge in [0, 0.05) is 35.5 Å². The zero-order valence-electron chi connectivity index (χ0n) is 15.5. The van der Waals surface area contributed by atoms with Crippen molar-refractivity contribution in [2.24, 2.45) is 0 Å². The van der Waals surface area contributed by atoms with E-state index in [0.717, 1.165) is 0 Å². The van der Waals surface area contributed by atoms with Crippen LogP contribution in [-0.2, 0) is 21.9 Å². The molecule has 0 aliphatic rings. The summed E-state index contributed by atoms with van der Waals surface area (Å²) in [5.74, 6) is -1.38.